The molecule has 2 aromatic rings. The Kier molecular flexibility index (Phi) is 4.36. The van der Waals surface area contributed by atoms with E-state index in [4.69, 9.17) is 0 Å². The molecule has 1 aliphatic carbocycles. The van der Waals surface area contributed by atoms with Crippen LogP contribution in [0.1, 0.15) is 30.9 Å². The van der Waals surface area contributed by atoms with Crippen molar-refractivity contribution in [3.05, 3.63) is 58.5 Å². The number of amides is 1. The molecule has 3 aliphatic rings. The Labute approximate surface area is 169 Å². The van der Waals surface area contributed by atoms with Crippen LogP contribution in [-0.4, -0.2) is 36.3 Å². The zero-order chi connectivity index (χ0) is 20.2. The van der Waals surface area contributed by atoms with Crippen LogP contribution in [0.4, 0.5) is 5.69 Å². The Morgan fingerprint density at radius 2 is 1.76 bits per heavy atom. The van der Waals surface area contributed by atoms with E-state index < -0.39 is 10.0 Å². The van der Waals surface area contributed by atoms with E-state index in [9.17, 15) is 18.0 Å². The molecule has 2 bridgehead atoms. The fourth-order valence-corrected chi connectivity index (χ4v) is 6.06. The Bertz CT molecular complexity index is 1120. The summed E-state index contributed by atoms with van der Waals surface area (Å²) in [5, 5.41) is 2.83. The van der Waals surface area contributed by atoms with Gasteiger partial charge in [-0.2, -0.15) is 4.31 Å². The molecule has 2 aliphatic heterocycles. The van der Waals surface area contributed by atoms with Crippen LogP contribution in [0.2, 0.25) is 0 Å². The molecule has 3 heterocycles. The van der Waals surface area contributed by atoms with Crippen LogP contribution in [-0.2, 0) is 21.4 Å². The monoisotopic (exact) mass is 413 g/mol. The highest BCUT2D eigenvalue weighted by atomic mass is 32.2. The minimum Gasteiger partial charge on any atom is -0.326 e. The molecule has 1 aromatic carbocycles. The molecule has 1 N–H and O–H groups in total. The van der Waals surface area contributed by atoms with Gasteiger partial charge in [-0.3, -0.25) is 9.59 Å². The number of hydrogen-bond acceptors (Lipinski definition) is 4. The van der Waals surface area contributed by atoms with Crippen LogP contribution in [0.15, 0.2) is 52.2 Å². The molecular formula is C21H23N3O4S. The third-order valence-electron chi connectivity index (χ3n) is 6.15. The molecule has 152 valence electrons. The molecule has 1 saturated carbocycles. The molecule has 2 atom stereocenters. The maximum absolute atomic E-state index is 13.2. The second-order valence-electron chi connectivity index (χ2n) is 8.31. The quantitative estimate of drug-likeness (QED) is 0.830. The number of aromatic nitrogens is 1. The number of nitrogens with zero attached hydrogens (tertiary/aromatic N) is 2. The van der Waals surface area contributed by atoms with E-state index in [-0.39, 0.29) is 34.1 Å². The summed E-state index contributed by atoms with van der Waals surface area (Å²) in [7, 11) is -3.63. The highest BCUT2D eigenvalue weighted by molar-refractivity contribution is 7.89. The predicted octanol–water partition coefficient (Wildman–Crippen LogP) is 2.00. The van der Waals surface area contributed by atoms with Gasteiger partial charge in [-0.15, -0.1) is 0 Å². The number of carbonyl (C=O) groups is 1. The summed E-state index contributed by atoms with van der Waals surface area (Å²) in [5.74, 6) is 0.261. The van der Waals surface area contributed by atoms with Crippen LogP contribution in [0.5, 0.6) is 0 Å². The van der Waals surface area contributed by atoms with Crippen molar-refractivity contribution in [2.75, 3.05) is 18.4 Å². The van der Waals surface area contributed by atoms with Gasteiger partial charge in [-0.25, -0.2) is 8.42 Å². The highest BCUT2D eigenvalue weighted by Crippen LogP contribution is 2.37. The molecule has 8 heteroatoms. The molecule has 0 radical (unpaired) electrons. The molecule has 1 saturated heterocycles. The first-order valence-electron chi connectivity index (χ1n) is 10.0. The summed E-state index contributed by atoms with van der Waals surface area (Å²) < 4.78 is 29.8. The lowest BCUT2D eigenvalue weighted by Crippen LogP contribution is -2.48. The number of sulfonamides is 1. The highest BCUT2D eigenvalue weighted by Gasteiger charge is 2.39. The SMILES string of the molecule is O=C(Nc1ccc(S(=O)(=O)N2CC3CC(C2)c2cccc(=O)n2C3)cc1)C1CC1. The number of carbonyl (C=O) groups excluding carboxylic acids is 1. The summed E-state index contributed by atoms with van der Waals surface area (Å²) in [6.45, 7) is 1.35. The lowest BCUT2D eigenvalue weighted by atomic mass is 9.84. The van der Waals surface area contributed by atoms with Gasteiger partial charge in [0.05, 0.1) is 4.90 Å². The molecule has 29 heavy (non-hydrogen) atoms. The van der Waals surface area contributed by atoms with E-state index in [1.807, 2.05) is 6.07 Å². The molecule has 7 nitrogen and oxygen atoms in total. The molecule has 2 unspecified atom stereocenters. The molecular weight excluding hydrogens is 390 g/mol. The minimum absolute atomic E-state index is 0.00151. The molecule has 0 spiro atoms. The van der Waals surface area contributed by atoms with E-state index in [1.54, 1.807) is 45.3 Å². The van der Waals surface area contributed by atoms with Crippen LogP contribution < -0.4 is 10.9 Å². The lowest BCUT2D eigenvalue weighted by molar-refractivity contribution is -0.117. The second-order valence-corrected chi connectivity index (χ2v) is 10.2. The Morgan fingerprint density at radius 3 is 2.48 bits per heavy atom. The average Bonchev–Trinajstić information content (AvgIpc) is 3.55. The van der Waals surface area contributed by atoms with Gasteiger partial charge in [-0.1, -0.05) is 6.07 Å². The molecule has 1 aromatic heterocycles. The number of rotatable bonds is 4. The van der Waals surface area contributed by atoms with E-state index in [0.29, 0.717) is 25.3 Å². The summed E-state index contributed by atoms with van der Waals surface area (Å²) in [6, 6.07) is 11.6. The van der Waals surface area contributed by atoms with E-state index in [1.165, 1.54) is 0 Å². The smallest absolute Gasteiger partial charge is 0.250 e. The Morgan fingerprint density at radius 1 is 1.00 bits per heavy atom. The summed E-state index contributed by atoms with van der Waals surface area (Å²) >= 11 is 0. The molecule has 2 fully saturated rings. The predicted molar refractivity (Wildman–Crippen MR) is 108 cm³/mol. The van der Waals surface area contributed by atoms with Gasteiger partial charge in [-0.05, 0) is 55.5 Å². The zero-order valence-electron chi connectivity index (χ0n) is 16.0. The summed E-state index contributed by atoms with van der Waals surface area (Å²) in [4.78, 5) is 24.3. The first-order valence-corrected chi connectivity index (χ1v) is 11.5. The fraction of sp³-hybridized carbons (Fsp3) is 0.429. The van der Waals surface area contributed by atoms with Gasteiger partial charge >= 0.3 is 0 Å². The van der Waals surface area contributed by atoms with Crippen molar-refractivity contribution in [2.45, 2.75) is 36.6 Å². The van der Waals surface area contributed by atoms with Gasteiger partial charge in [0.1, 0.15) is 0 Å². The number of piperidine rings is 1. The lowest BCUT2D eigenvalue weighted by Gasteiger charge is -2.42. The van der Waals surface area contributed by atoms with Crippen molar-refractivity contribution in [1.29, 1.82) is 0 Å². The standard InChI is InChI=1S/C21H23N3O4S/c25-20-3-1-2-19-16-10-14(12-24(19)20)11-23(13-16)29(27,28)18-8-6-17(7-9-18)22-21(26)15-4-5-15/h1-3,6-9,14-16H,4-5,10-13H2,(H,22,26). The summed E-state index contributed by atoms with van der Waals surface area (Å²) in [6.07, 6.45) is 2.75. The van der Waals surface area contributed by atoms with Gasteiger partial charge < -0.3 is 9.88 Å². The van der Waals surface area contributed by atoms with Crippen molar-refractivity contribution >= 4 is 21.6 Å². The second kappa shape index (κ2) is 6.81. The number of benzene rings is 1. The van der Waals surface area contributed by atoms with Gasteiger partial charge in [0.15, 0.2) is 0 Å². The maximum atomic E-state index is 13.2. The topological polar surface area (TPSA) is 88.5 Å². The minimum atomic E-state index is -3.63. The number of fused-ring (bicyclic) bond motifs is 4. The largest absolute Gasteiger partial charge is 0.326 e. The third kappa shape index (κ3) is 3.40. The average molecular weight is 413 g/mol. The summed E-state index contributed by atoms with van der Waals surface area (Å²) in [5.41, 5.74) is 1.52. The fourth-order valence-electron chi connectivity index (χ4n) is 4.50. The van der Waals surface area contributed by atoms with E-state index in [2.05, 4.69) is 5.32 Å². The van der Waals surface area contributed by atoms with Crippen LogP contribution in [0.3, 0.4) is 0 Å². The number of nitrogens with one attached hydrogen (secondary N) is 1. The number of pyridine rings is 1. The van der Waals surface area contributed by atoms with Crippen molar-refractivity contribution in [3.63, 3.8) is 0 Å². The Hall–Kier alpha value is -2.45. The van der Waals surface area contributed by atoms with Gasteiger partial charge in [0.25, 0.3) is 5.56 Å². The van der Waals surface area contributed by atoms with Crippen LogP contribution in [0, 0.1) is 11.8 Å². The maximum Gasteiger partial charge on any atom is 0.250 e. The van der Waals surface area contributed by atoms with E-state index >= 15 is 0 Å². The first kappa shape index (κ1) is 18.6. The normalized spacial score (nSPS) is 24.0. The van der Waals surface area contributed by atoms with Gasteiger partial charge in [0, 0.05) is 48.9 Å². The zero-order valence-corrected chi connectivity index (χ0v) is 16.8. The Balaban J connectivity index is 1.36. The first-order chi connectivity index (χ1) is 13.9. The number of hydrogen-bond donors (Lipinski definition) is 1. The van der Waals surface area contributed by atoms with Gasteiger partial charge in [0.2, 0.25) is 15.9 Å². The van der Waals surface area contributed by atoms with E-state index in [0.717, 1.165) is 25.0 Å². The number of anilines is 1. The molecule has 5 rings (SSSR count). The molecule has 1 amide bonds. The van der Waals surface area contributed by atoms with Crippen LogP contribution >= 0.6 is 0 Å². The van der Waals surface area contributed by atoms with Crippen molar-refractivity contribution in [2.24, 2.45) is 11.8 Å². The van der Waals surface area contributed by atoms with Crippen LogP contribution in [0.25, 0.3) is 0 Å². The van der Waals surface area contributed by atoms with Crippen molar-refractivity contribution in [1.82, 2.24) is 8.87 Å². The van der Waals surface area contributed by atoms with Crippen molar-refractivity contribution in [3.8, 4) is 0 Å². The third-order valence-corrected chi connectivity index (χ3v) is 8.00. The van der Waals surface area contributed by atoms with Crippen molar-refractivity contribution < 1.29 is 13.2 Å².